The molecule has 0 unspecified atom stereocenters. The Kier molecular flexibility index (Phi) is 4.89. The van der Waals surface area contributed by atoms with Crippen LogP contribution in [-0.4, -0.2) is 28.3 Å². The molecule has 90 valence electrons. The van der Waals surface area contributed by atoms with Crippen LogP contribution in [-0.2, 0) is 6.54 Å². The Labute approximate surface area is 101 Å². The largest absolute Gasteiger partial charge is 0.388 e. The molecule has 3 N–H and O–H groups in total. The number of nitrogens with zero attached hydrogens (tertiary/aromatic N) is 2. The number of nitrogens with one attached hydrogen (secondary N) is 1. The highest BCUT2D eigenvalue weighted by Gasteiger charge is 2.12. The smallest absolute Gasteiger partial charge is 0.107 e. The number of thiazole rings is 1. The molecule has 1 rings (SSSR count). The number of amidine groups is 1. The van der Waals surface area contributed by atoms with E-state index in [1.54, 1.807) is 11.3 Å². The van der Waals surface area contributed by atoms with Crippen molar-refractivity contribution in [3.8, 4) is 0 Å². The van der Waals surface area contributed by atoms with E-state index >= 15 is 0 Å². The molecule has 16 heavy (non-hydrogen) atoms. The van der Waals surface area contributed by atoms with Crippen molar-refractivity contribution in [1.82, 2.24) is 9.88 Å². The van der Waals surface area contributed by atoms with Crippen molar-refractivity contribution >= 4 is 17.2 Å². The van der Waals surface area contributed by atoms with Gasteiger partial charge in [0.15, 0.2) is 0 Å². The van der Waals surface area contributed by atoms with Crippen LogP contribution < -0.4 is 5.73 Å². The maximum atomic E-state index is 7.25. The van der Waals surface area contributed by atoms with Gasteiger partial charge in [-0.2, -0.15) is 0 Å². The van der Waals surface area contributed by atoms with E-state index in [1.807, 2.05) is 6.92 Å². The quantitative estimate of drug-likeness (QED) is 0.590. The first-order valence-corrected chi connectivity index (χ1v) is 6.35. The molecule has 0 spiro atoms. The summed E-state index contributed by atoms with van der Waals surface area (Å²) in [5, 5.41) is 10.5. The van der Waals surface area contributed by atoms with E-state index in [4.69, 9.17) is 11.1 Å². The van der Waals surface area contributed by atoms with Crippen LogP contribution >= 0.6 is 11.3 Å². The highest BCUT2D eigenvalue weighted by molar-refractivity contribution is 7.09. The fraction of sp³-hybridized carbons (Fsp3) is 0.636. The summed E-state index contributed by atoms with van der Waals surface area (Å²) in [4.78, 5) is 6.74. The third kappa shape index (κ3) is 4.28. The summed E-state index contributed by atoms with van der Waals surface area (Å²) in [6, 6.07) is 0.448. The molecule has 5 heteroatoms. The molecule has 4 nitrogen and oxygen atoms in total. The van der Waals surface area contributed by atoms with Gasteiger partial charge in [-0.05, 0) is 20.8 Å². The van der Waals surface area contributed by atoms with Crippen molar-refractivity contribution in [1.29, 1.82) is 5.41 Å². The van der Waals surface area contributed by atoms with E-state index in [0.717, 1.165) is 23.8 Å². The third-order valence-corrected chi connectivity index (χ3v) is 3.35. The van der Waals surface area contributed by atoms with E-state index < -0.39 is 0 Å². The fourth-order valence-electron chi connectivity index (χ4n) is 1.43. The Hall–Kier alpha value is -0.940. The van der Waals surface area contributed by atoms with Crippen LogP contribution in [0.1, 0.15) is 31.0 Å². The fourth-order valence-corrected chi connectivity index (χ4v) is 2.23. The average molecular weight is 240 g/mol. The molecule has 0 atom stereocenters. The molecular formula is C11H20N4S. The molecule has 0 aromatic carbocycles. The average Bonchev–Trinajstić information content (AvgIpc) is 2.57. The summed E-state index contributed by atoms with van der Waals surface area (Å²) in [6.07, 6.45) is 0.628. The second-order valence-corrected chi connectivity index (χ2v) is 5.16. The number of hydrogen-bond donors (Lipinski definition) is 2. The van der Waals surface area contributed by atoms with Crippen LogP contribution in [0, 0.1) is 12.3 Å². The van der Waals surface area contributed by atoms with Crippen LogP contribution in [0.4, 0.5) is 0 Å². The molecule has 0 amide bonds. The first-order chi connectivity index (χ1) is 7.49. The van der Waals surface area contributed by atoms with Gasteiger partial charge in [0.25, 0.3) is 0 Å². The van der Waals surface area contributed by atoms with Gasteiger partial charge in [0.2, 0.25) is 0 Å². The molecule has 0 saturated carbocycles. The van der Waals surface area contributed by atoms with Crippen LogP contribution in [0.3, 0.4) is 0 Å². The zero-order chi connectivity index (χ0) is 12.1. The second kappa shape index (κ2) is 5.96. The van der Waals surface area contributed by atoms with Gasteiger partial charge in [0, 0.05) is 30.1 Å². The zero-order valence-electron chi connectivity index (χ0n) is 10.2. The van der Waals surface area contributed by atoms with Gasteiger partial charge in [-0.1, -0.05) is 0 Å². The van der Waals surface area contributed by atoms with E-state index in [-0.39, 0.29) is 5.84 Å². The van der Waals surface area contributed by atoms with E-state index in [2.05, 4.69) is 29.1 Å². The molecule has 0 saturated heterocycles. The first kappa shape index (κ1) is 13.1. The summed E-state index contributed by atoms with van der Waals surface area (Å²) >= 11 is 1.69. The number of rotatable bonds is 6. The molecule has 0 bridgehead atoms. The van der Waals surface area contributed by atoms with Crippen molar-refractivity contribution in [2.75, 3.05) is 6.54 Å². The lowest BCUT2D eigenvalue weighted by atomic mass is 10.2. The van der Waals surface area contributed by atoms with Crippen molar-refractivity contribution in [2.24, 2.45) is 5.73 Å². The third-order valence-electron chi connectivity index (χ3n) is 2.40. The van der Waals surface area contributed by atoms with E-state index in [1.165, 1.54) is 0 Å². The first-order valence-electron chi connectivity index (χ1n) is 5.47. The molecule has 0 aliphatic carbocycles. The second-order valence-electron chi connectivity index (χ2n) is 4.22. The standard InChI is InChI=1S/C11H20N4S/c1-8(2)15(5-4-10(12)13)6-11-14-9(3)7-16-11/h7-8H,4-6H2,1-3H3,(H3,12,13). The monoisotopic (exact) mass is 240 g/mol. The highest BCUT2D eigenvalue weighted by Crippen LogP contribution is 2.13. The Morgan fingerprint density at radius 2 is 2.31 bits per heavy atom. The lowest BCUT2D eigenvalue weighted by Crippen LogP contribution is -2.33. The Morgan fingerprint density at radius 3 is 2.75 bits per heavy atom. The Bertz CT molecular complexity index is 346. The van der Waals surface area contributed by atoms with Gasteiger partial charge in [0.1, 0.15) is 5.01 Å². The molecule has 0 fully saturated rings. The van der Waals surface area contributed by atoms with Gasteiger partial charge in [-0.3, -0.25) is 10.3 Å². The molecule has 1 aromatic heterocycles. The maximum absolute atomic E-state index is 7.25. The number of aryl methyl sites for hydroxylation is 1. The van der Waals surface area contributed by atoms with E-state index in [0.29, 0.717) is 12.5 Å². The topological polar surface area (TPSA) is 66.0 Å². The van der Waals surface area contributed by atoms with Gasteiger partial charge < -0.3 is 5.73 Å². The molecule has 0 aliphatic heterocycles. The van der Waals surface area contributed by atoms with Gasteiger partial charge >= 0.3 is 0 Å². The minimum Gasteiger partial charge on any atom is -0.388 e. The lowest BCUT2D eigenvalue weighted by molar-refractivity contribution is 0.218. The number of nitrogens with two attached hydrogens (primary N) is 1. The minimum atomic E-state index is 0.251. The van der Waals surface area contributed by atoms with Crippen LogP contribution in [0.5, 0.6) is 0 Å². The predicted octanol–water partition coefficient (Wildman–Crippen LogP) is 1.99. The SMILES string of the molecule is Cc1csc(CN(CCC(=N)N)C(C)C)n1. The molecule has 1 heterocycles. The molecular weight excluding hydrogens is 220 g/mol. The molecule has 0 aliphatic rings. The summed E-state index contributed by atoms with van der Waals surface area (Å²) in [6.45, 7) is 7.99. The van der Waals surface area contributed by atoms with Crippen molar-refractivity contribution < 1.29 is 0 Å². The van der Waals surface area contributed by atoms with Crippen LogP contribution in [0.25, 0.3) is 0 Å². The summed E-state index contributed by atoms with van der Waals surface area (Å²) in [7, 11) is 0. The summed E-state index contributed by atoms with van der Waals surface area (Å²) < 4.78 is 0. The van der Waals surface area contributed by atoms with Crippen LogP contribution in [0.15, 0.2) is 5.38 Å². The van der Waals surface area contributed by atoms with Crippen molar-refractivity contribution in [3.63, 3.8) is 0 Å². The number of hydrogen-bond acceptors (Lipinski definition) is 4. The van der Waals surface area contributed by atoms with E-state index in [9.17, 15) is 0 Å². The van der Waals surface area contributed by atoms with Crippen molar-refractivity contribution in [3.05, 3.63) is 16.1 Å². The Morgan fingerprint density at radius 1 is 1.62 bits per heavy atom. The summed E-state index contributed by atoms with van der Waals surface area (Å²) in [5.74, 6) is 0.251. The van der Waals surface area contributed by atoms with Crippen LogP contribution in [0.2, 0.25) is 0 Å². The Balaban J connectivity index is 2.54. The highest BCUT2D eigenvalue weighted by atomic mass is 32.1. The zero-order valence-corrected chi connectivity index (χ0v) is 11.0. The van der Waals surface area contributed by atoms with Gasteiger partial charge in [-0.25, -0.2) is 4.98 Å². The molecule has 1 aromatic rings. The lowest BCUT2D eigenvalue weighted by Gasteiger charge is -2.25. The van der Waals surface area contributed by atoms with Gasteiger partial charge in [0.05, 0.1) is 12.4 Å². The summed E-state index contributed by atoms with van der Waals surface area (Å²) in [5.41, 5.74) is 6.46. The van der Waals surface area contributed by atoms with Crippen molar-refractivity contribution in [2.45, 2.75) is 39.8 Å². The molecule has 0 radical (unpaired) electrons. The minimum absolute atomic E-state index is 0.251. The van der Waals surface area contributed by atoms with Gasteiger partial charge in [-0.15, -0.1) is 11.3 Å². The predicted molar refractivity (Wildman–Crippen MR) is 68.9 cm³/mol. The normalized spacial score (nSPS) is 11.3. The number of aromatic nitrogens is 1. The maximum Gasteiger partial charge on any atom is 0.107 e.